The molecule has 0 spiro atoms. The number of aliphatic hydroxyl groups is 1. The van der Waals surface area contributed by atoms with Crippen LogP contribution in [0.2, 0.25) is 0 Å². The van der Waals surface area contributed by atoms with Crippen molar-refractivity contribution in [1.82, 2.24) is 10.3 Å². The Bertz CT molecular complexity index is 578. The molecule has 2 N–H and O–H groups in total. The third-order valence-electron chi connectivity index (χ3n) is 4.56. The molecule has 0 saturated carbocycles. The quantitative estimate of drug-likeness (QED) is 0.630. The number of nitrogens with zero attached hydrogens (tertiary/aromatic N) is 2. The molecular formula is C20H35N3O3S. The highest BCUT2D eigenvalue weighted by atomic mass is 32.1. The third kappa shape index (κ3) is 6.57. The summed E-state index contributed by atoms with van der Waals surface area (Å²) < 4.78 is 0. The van der Waals surface area contributed by atoms with E-state index in [9.17, 15) is 14.7 Å². The van der Waals surface area contributed by atoms with Gasteiger partial charge in [0.05, 0.1) is 0 Å². The van der Waals surface area contributed by atoms with Crippen molar-refractivity contribution in [3.63, 3.8) is 0 Å². The third-order valence-corrected chi connectivity index (χ3v) is 5.33. The molecule has 0 aliphatic carbocycles. The van der Waals surface area contributed by atoms with E-state index in [0.717, 1.165) is 25.7 Å². The Kier molecular flexibility index (Phi) is 9.39. The molecule has 0 aliphatic heterocycles. The number of thiazole rings is 1. The SMILES string of the molecule is CCCC(CCC)N(C(=O)C(CC)NC(=O)C(O)C(C)(C)C)c1nccs1. The average Bonchev–Trinajstić information content (AvgIpc) is 3.12. The summed E-state index contributed by atoms with van der Waals surface area (Å²) in [5.41, 5.74) is -0.590. The van der Waals surface area contributed by atoms with Gasteiger partial charge < -0.3 is 10.4 Å². The molecule has 6 nitrogen and oxygen atoms in total. The van der Waals surface area contributed by atoms with E-state index in [1.165, 1.54) is 11.3 Å². The number of anilines is 1. The molecule has 0 radical (unpaired) electrons. The second-order valence-corrected chi connectivity index (χ2v) is 8.87. The fourth-order valence-corrected chi connectivity index (χ4v) is 3.70. The summed E-state index contributed by atoms with van der Waals surface area (Å²) >= 11 is 1.43. The van der Waals surface area contributed by atoms with Crippen LogP contribution in [-0.2, 0) is 9.59 Å². The van der Waals surface area contributed by atoms with E-state index in [1.54, 1.807) is 31.9 Å². The summed E-state index contributed by atoms with van der Waals surface area (Å²) in [6, 6.07) is -0.633. The van der Waals surface area contributed by atoms with Crippen LogP contribution >= 0.6 is 11.3 Å². The van der Waals surface area contributed by atoms with Crippen LogP contribution in [0.25, 0.3) is 0 Å². The molecule has 2 unspecified atom stereocenters. The molecule has 0 aliphatic rings. The standard InChI is InChI=1S/C20H35N3O3S/c1-7-10-14(11-8-2)23(19-21-12-13-27-19)18(26)15(9-3)22-17(25)16(24)20(4,5)6/h12-16,24H,7-11H2,1-6H3,(H,22,25). The summed E-state index contributed by atoms with van der Waals surface area (Å²) in [5.74, 6) is -0.668. The molecular weight excluding hydrogens is 362 g/mol. The van der Waals surface area contributed by atoms with Crippen molar-refractivity contribution in [2.24, 2.45) is 5.41 Å². The van der Waals surface area contributed by atoms with Gasteiger partial charge >= 0.3 is 0 Å². The van der Waals surface area contributed by atoms with E-state index in [2.05, 4.69) is 24.1 Å². The van der Waals surface area contributed by atoms with Gasteiger partial charge in [0.1, 0.15) is 12.1 Å². The first-order chi connectivity index (χ1) is 12.7. The van der Waals surface area contributed by atoms with Gasteiger partial charge in [-0.2, -0.15) is 0 Å². The van der Waals surface area contributed by atoms with Crippen LogP contribution in [-0.4, -0.2) is 40.1 Å². The van der Waals surface area contributed by atoms with E-state index in [0.29, 0.717) is 11.6 Å². The largest absolute Gasteiger partial charge is 0.383 e. The maximum atomic E-state index is 13.4. The zero-order valence-corrected chi connectivity index (χ0v) is 18.3. The summed E-state index contributed by atoms with van der Waals surface area (Å²) in [6.45, 7) is 11.4. The highest BCUT2D eigenvalue weighted by Crippen LogP contribution is 2.26. The van der Waals surface area contributed by atoms with E-state index in [4.69, 9.17) is 0 Å². The number of nitrogens with one attached hydrogen (secondary N) is 1. The Morgan fingerprint density at radius 3 is 2.22 bits per heavy atom. The average molecular weight is 398 g/mol. The monoisotopic (exact) mass is 397 g/mol. The molecule has 7 heteroatoms. The van der Waals surface area contributed by atoms with Crippen molar-refractivity contribution in [1.29, 1.82) is 0 Å². The van der Waals surface area contributed by atoms with Gasteiger partial charge in [0.25, 0.3) is 5.91 Å². The smallest absolute Gasteiger partial charge is 0.251 e. The molecule has 0 bridgehead atoms. The number of hydrogen-bond acceptors (Lipinski definition) is 5. The second kappa shape index (κ2) is 10.8. The first-order valence-electron chi connectivity index (χ1n) is 9.88. The molecule has 0 saturated heterocycles. The maximum Gasteiger partial charge on any atom is 0.251 e. The number of hydrogen-bond donors (Lipinski definition) is 2. The molecule has 0 fully saturated rings. The molecule has 0 aromatic carbocycles. The number of aromatic nitrogens is 1. The minimum Gasteiger partial charge on any atom is -0.383 e. The summed E-state index contributed by atoms with van der Waals surface area (Å²) in [5, 5.41) is 15.5. The Hall–Kier alpha value is -1.47. The van der Waals surface area contributed by atoms with Gasteiger partial charge in [0.2, 0.25) is 5.91 Å². The Labute approximate surface area is 167 Å². The van der Waals surface area contributed by atoms with Crippen LogP contribution in [0, 0.1) is 5.41 Å². The zero-order valence-electron chi connectivity index (χ0n) is 17.5. The molecule has 27 heavy (non-hydrogen) atoms. The summed E-state index contributed by atoms with van der Waals surface area (Å²) in [7, 11) is 0. The number of aliphatic hydroxyl groups excluding tert-OH is 1. The number of carbonyl (C=O) groups is 2. The van der Waals surface area contributed by atoms with E-state index in [-0.39, 0.29) is 11.9 Å². The van der Waals surface area contributed by atoms with Crippen LogP contribution in [0.15, 0.2) is 11.6 Å². The lowest BCUT2D eigenvalue weighted by Gasteiger charge is -2.33. The predicted octanol–water partition coefficient (Wildman–Crippen LogP) is 3.75. The van der Waals surface area contributed by atoms with Crippen molar-refractivity contribution in [2.45, 2.75) is 91.8 Å². The lowest BCUT2D eigenvalue weighted by atomic mass is 9.88. The number of rotatable bonds is 10. The molecule has 154 valence electrons. The minimum absolute atomic E-state index is 0.0529. The molecule has 1 aromatic heterocycles. The summed E-state index contributed by atoms with van der Waals surface area (Å²) in [4.78, 5) is 31.9. The van der Waals surface area contributed by atoms with Crippen LogP contribution in [0.5, 0.6) is 0 Å². The Balaban J connectivity index is 3.09. The molecule has 2 amide bonds. The maximum absolute atomic E-state index is 13.4. The fraction of sp³-hybridized carbons (Fsp3) is 0.750. The normalized spacial score (nSPS) is 14.1. The first-order valence-corrected chi connectivity index (χ1v) is 10.8. The van der Waals surface area contributed by atoms with Crippen molar-refractivity contribution in [2.75, 3.05) is 4.90 Å². The van der Waals surface area contributed by atoms with Gasteiger partial charge in [0.15, 0.2) is 5.13 Å². The molecule has 1 heterocycles. The van der Waals surface area contributed by atoms with E-state index >= 15 is 0 Å². The Morgan fingerprint density at radius 1 is 1.22 bits per heavy atom. The predicted molar refractivity (Wildman–Crippen MR) is 111 cm³/mol. The first kappa shape index (κ1) is 23.6. The van der Waals surface area contributed by atoms with Gasteiger partial charge in [-0.25, -0.2) is 4.98 Å². The van der Waals surface area contributed by atoms with Crippen LogP contribution in [0.4, 0.5) is 5.13 Å². The fourth-order valence-electron chi connectivity index (χ4n) is 2.98. The van der Waals surface area contributed by atoms with Crippen molar-refractivity contribution < 1.29 is 14.7 Å². The lowest BCUT2D eigenvalue weighted by molar-refractivity contribution is -0.137. The molecule has 1 rings (SSSR count). The van der Waals surface area contributed by atoms with E-state index < -0.39 is 23.5 Å². The van der Waals surface area contributed by atoms with Crippen molar-refractivity contribution in [3.05, 3.63) is 11.6 Å². The van der Waals surface area contributed by atoms with Gasteiger partial charge in [-0.05, 0) is 24.7 Å². The van der Waals surface area contributed by atoms with Crippen LogP contribution in [0.3, 0.4) is 0 Å². The number of carbonyl (C=O) groups excluding carboxylic acids is 2. The molecule has 2 atom stereocenters. The van der Waals surface area contributed by atoms with Gasteiger partial charge in [-0.15, -0.1) is 11.3 Å². The zero-order chi connectivity index (χ0) is 20.6. The molecule has 1 aromatic rings. The van der Waals surface area contributed by atoms with Gasteiger partial charge in [-0.1, -0.05) is 54.4 Å². The lowest BCUT2D eigenvalue weighted by Crippen LogP contribution is -2.55. The number of amides is 2. The topological polar surface area (TPSA) is 82.5 Å². The van der Waals surface area contributed by atoms with Gasteiger partial charge in [-0.3, -0.25) is 14.5 Å². The van der Waals surface area contributed by atoms with Gasteiger partial charge in [0, 0.05) is 17.6 Å². The van der Waals surface area contributed by atoms with Crippen molar-refractivity contribution >= 4 is 28.3 Å². The van der Waals surface area contributed by atoms with Crippen molar-refractivity contribution in [3.8, 4) is 0 Å². The highest BCUT2D eigenvalue weighted by molar-refractivity contribution is 7.13. The Morgan fingerprint density at radius 2 is 1.81 bits per heavy atom. The van der Waals surface area contributed by atoms with Crippen LogP contribution < -0.4 is 10.2 Å². The second-order valence-electron chi connectivity index (χ2n) is 7.99. The van der Waals surface area contributed by atoms with E-state index in [1.807, 2.05) is 12.3 Å². The van der Waals surface area contributed by atoms with Crippen LogP contribution in [0.1, 0.15) is 73.6 Å². The highest BCUT2D eigenvalue weighted by Gasteiger charge is 2.35. The minimum atomic E-state index is -1.17. The summed E-state index contributed by atoms with van der Waals surface area (Å²) in [6.07, 6.45) is 4.67.